The maximum absolute atomic E-state index is 12.7. The van der Waals surface area contributed by atoms with Crippen molar-refractivity contribution in [2.75, 3.05) is 18.5 Å². The molecule has 1 fully saturated rings. The highest BCUT2D eigenvalue weighted by atomic mass is 16.5. The van der Waals surface area contributed by atoms with E-state index in [4.69, 9.17) is 9.26 Å². The van der Waals surface area contributed by atoms with E-state index in [0.717, 1.165) is 42.3 Å². The van der Waals surface area contributed by atoms with Gasteiger partial charge in [0.25, 0.3) is 0 Å². The van der Waals surface area contributed by atoms with Crippen molar-refractivity contribution in [2.24, 2.45) is 0 Å². The average molecular weight is 343 g/mol. The number of amides is 2. The van der Waals surface area contributed by atoms with E-state index in [1.54, 1.807) is 0 Å². The summed E-state index contributed by atoms with van der Waals surface area (Å²) in [5.74, 6) is 1.94. The SMILES string of the molecule is CCOc1ccc(NC(=O)N2CCCC2c2cc(C(C)C)on2)cc1. The maximum Gasteiger partial charge on any atom is 0.322 e. The predicted octanol–water partition coefficient (Wildman–Crippen LogP) is 4.57. The molecule has 134 valence electrons. The van der Waals surface area contributed by atoms with Crippen LogP contribution in [-0.4, -0.2) is 29.2 Å². The van der Waals surface area contributed by atoms with Crippen LogP contribution in [0.15, 0.2) is 34.9 Å². The lowest BCUT2D eigenvalue weighted by molar-refractivity contribution is 0.204. The molecule has 0 bridgehead atoms. The fourth-order valence-corrected chi connectivity index (χ4v) is 3.05. The minimum atomic E-state index is -0.110. The van der Waals surface area contributed by atoms with Crippen LogP contribution in [0.25, 0.3) is 0 Å². The van der Waals surface area contributed by atoms with Crippen molar-refractivity contribution in [1.82, 2.24) is 10.1 Å². The third kappa shape index (κ3) is 3.95. The van der Waals surface area contributed by atoms with Gasteiger partial charge in [-0.05, 0) is 44.0 Å². The minimum Gasteiger partial charge on any atom is -0.494 e. The number of nitrogens with zero attached hydrogens (tertiary/aromatic N) is 2. The molecule has 6 nitrogen and oxygen atoms in total. The molecule has 1 aromatic carbocycles. The summed E-state index contributed by atoms with van der Waals surface area (Å²) in [6.07, 6.45) is 1.87. The number of hydrogen-bond donors (Lipinski definition) is 1. The molecule has 3 rings (SSSR count). The lowest BCUT2D eigenvalue weighted by Gasteiger charge is -2.23. The van der Waals surface area contributed by atoms with Gasteiger partial charge in [-0.1, -0.05) is 19.0 Å². The summed E-state index contributed by atoms with van der Waals surface area (Å²) >= 11 is 0. The highest BCUT2D eigenvalue weighted by molar-refractivity contribution is 5.89. The summed E-state index contributed by atoms with van der Waals surface area (Å²) in [4.78, 5) is 14.5. The summed E-state index contributed by atoms with van der Waals surface area (Å²) in [7, 11) is 0. The Balaban J connectivity index is 1.67. The van der Waals surface area contributed by atoms with E-state index in [1.165, 1.54) is 0 Å². The Labute approximate surface area is 148 Å². The number of anilines is 1. The molecule has 1 atom stereocenters. The Bertz CT molecular complexity index is 709. The largest absolute Gasteiger partial charge is 0.494 e. The number of rotatable bonds is 5. The summed E-state index contributed by atoms with van der Waals surface area (Å²) in [5, 5.41) is 7.13. The summed E-state index contributed by atoms with van der Waals surface area (Å²) in [6.45, 7) is 7.41. The Hall–Kier alpha value is -2.50. The predicted molar refractivity (Wildman–Crippen MR) is 95.9 cm³/mol. The second-order valence-electron chi connectivity index (χ2n) is 6.55. The molecule has 2 heterocycles. The molecule has 6 heteroatoms. The smallest absolute Gasteiger partial charge is 0.322 e. The number of aromatic nitrogens is 1. The van der Waals surface area contributed by atoms with Crippen LogP contribution in [-0.2, 0) is 0 Å². The van der Waals surface area contributed by atoms with Crippen molar-refractivity contribution in [3.63, 3.8) is 0 Å². The van der Waals surface area contributed by atoms with Crippen LogP contribution in [0, 0.1) is 0 Å². The van der Waals surface area contributed by atoms with E-state index in [0.29, 0.717) is 6.61 Å². The lowest BCUT2D eigenvalue weighted by atomic mass is 10.1. The van der Waals surface area contributed by atoms with Crippen molar-refractivity contribution >= 4 is 11.7 Å². The zero-order chi connectivity index (χ0) is 17.8. The zero-order valence-electron chi connectivity index (χ0n) is 15.0. The highest BCUT2D eigenvalue weighted by Crippen LogP contribution is 2.33. The van der Waals surface area contributed by atoms with Gasteiger partial charge in [-0.3, -0.25) is 0 Å². The maximum atomic E-state index is 12.7. The topological polar surface area (TPSA) is 67.6 Å². The second-order valence-corrected chi connectivity index (χ2v) is 6.55. The number of hydrogen-bond acceptors (Lipinski definition) is 4. The number of carbonyl (C=O) groups is 1. The van der Waals surface area contributed by atoms with Gasteiger partial charge in [-0.2, -0.15) is 0 Å². The van der Waals surface area contributed by atoms with E-state index in [-0.39, 0.29) is 18.0 Å². The summed E-state index contributed by atoms with van der Waals surface area (Å²) < 4.78 is 10.8. The molecule has 1 unspecified atom stereocenters. The van der Waals surface area contributed by atoms with Gasteiger partial charge >= 0.3 is 6.03 Å². The Morgan fingerprint density at radius 1 is 1.40 bits per heavy atom. The average Bonchev–Trinajstić information content (AvgIpc) is 3.25. The standard InChI is InChI=1S/C19H25N3O3/c1-4-24-15-9-7-14(8-10-15)20-19(23)22-11-5-6-17(22)16-12-18(13(2)3)25-21-16/h7-10,12-13,17H,4-6,11H2,1-3H3,(H,20,23). The number of nitrogens with one attached hydrogen (secondary N) is 1. The molecule has 0 spiro atoms. The van der Waals surface area contributed by atoms with Gasteiger partial charge in [-0.25, -0.2) is 4.79 Å². The minimum absolute atomic E-state index is 0.0288. The van der Waals surface area contributed by atoms with E-state index in [1.807, 2.05) is 42.2 Å². The third-order valence-electron chi connectivity index (χ3n) is 4.39. The van der Waals surface area contributed by atoms with Gasteiger partial charge in [0.1, 0.15) is 17.2 Å². The first kappa shape index (κ1) is 17.3. The second kappa shape index (κ2) is 7.59. The first-order valence-corrected chi connectivity index (χ1v) is 8.85. The van der Waals surface area contributed by atoms with Crippen molar-refractivity contribution in [1.29, 1.82) is 0 Å². The molecule has 0 saturated carbocycles. The molecule has 1 saturated heterocycles. The molecule has 1 N–H and O–H groups in total. The van der Waals surface area contributed by atoms with Gasteiger partial charge in [-0.15, -0.1) is 0 Å². The quantitative estimate of drug-likeness (QED) is 0.864. The lowest BCUT2D eigenvalue weighted by Crippen LogP contribution is -2.34. The van der Waals surface area contributed by atoms with Crippen molar-refractivity contribution in [3.05, 3.63) is 41.8 Å². The number of urea groups is 1. The Morgan fingerprint density at radius 3 is 2.80 bits per heavy atom. The van der Waals surface area contributed by atoms with Crippen LogP contribution in [0.5, 0.6) is 5.75 Å². The van der Waals surface area contributed by atoms with Crippen molar-refractivity contribution < 1.29 is 14.1 Å². The number of carbonyl (C=O) groups excluding carboxylic acids is 1. The summed E-state index contributed by atoms with van der Waals surface area (Å²) in [6, 6.07) is 9.24. The Morgan fingerprint density at radius 2 is 2.16 bits per heavy atom. The molecule has 0 aliphatic carbocycles. The third-order valence-corrected chi connectivity index (χ3v) is 4.39. The van der Waals surface area contributed by atoms with Crippen molar-refractivity contribution in [3.8, 4) is 5.75 Å². The molecule has 0 radical (unpaired) electrons. The van der Waals surface area contributed by atoms with E-state index in [2.05, 4.69) is 24.3 Å². The van der Waals surface area contributed by atoms with Crippen molar-refractivity contribution in [2.45, 2.75) is 45.6 Å². The molecule has 1 aromatic heterocycles. The fourth-order valence-electron chi connectivity index (χ4n) is 3.05. The Kier molecular flexibility index (Phi) is 5.26. The number of likely N-dealkylation sites (tertiary alicyclic amines) is 1. The van der Waals surface area contributed by atoms with Gasteiger partial charge in [0.2, 0.25) is 0 Å². The van der Waals surface area contributed by atoms with E-state index < -0.39 is 0 Å². The van der Waals surface area contributed by atoms with Gasteiger partial charge in [0.15, 0.2) is 0 Å². The monoisotopic (exact) mass is 343 g/mol. The fraction of sp³-hybridized carbons (Fsp3) is 0.474. The molecule has 25 heavy (non-hydrogen) atoms. The summed E-state index contributed by atoms with van der Waals surface area (Å²) in [5.41, 5.74) is 1.59. The van der Waals surface area contributed by atoms with Crippen LogP contribution < -0.4 is 10.1 Å². The van der Waals surface area contributed by atoms with E-state index in [9.17, 15) is 4.79 Å². The van der Waals surface area contributed by atoms with Gasteiger partial charge < -0.3 is 19.5 Å². The number of ether oxygens (including phenoxy) is 1. The van der Waals surface area contributed by atoms with E-state index >= 15 is 0 Å². The normalized spacial score (nSPS) is 17.1. The van der Waals surface area contributed by atoms with Gasteiger partial charge in [0, 0.05) is 24.2 Å². The first-order valence-electron chi connectivity index (χ1n) is 8.85. The molecule has 1 aliphatic rings. The molecule has 2 amide bonds. The molecular formula is C19H25N3O3. The zero-order valence-corrected chi connectivity index (χ0v) is 15.0. The first-order chi connectivity index (χ1) is 12.1. The number of benzene rings is 1. The molecular weight excluding hydrogens is 318 g/mol. The van der Waals surface area contributed by atoms with Crippen LogP contribution in [0.3, 0.4) is 0 Å². The van der Waals surface area contributed by atoms with Crippen LogP contribution >= 0.6 is 0 Å². The molecule has 2 aromatic rings. The van der Waals surface area contributed by atoms with Crippen LogP contribution in [0.1, 0.15) is 57.0 Å². The van der Waals surface area contributed by atoms with Gasteiger partial charge in [0.05, 0.1) is 12.6 Å². The van der Waals surface area contributed by atoms with Crippen LogP contribution in [0.4, 0.5) is 10.5 Å². The molecule has 1 aliphatic heterocycles. The van der Waals surface area contributed by atoms with Crippen LogP contribution in [0.2, 0.25) is 0 Å². The highest BCUT2D eigenvalue weighted by Gasteiger charge is 2.32.